The zero-order chi connectivity index (χ0) is 25.4. The van der Waals surface area contributed by atoms with E-state index in [1.54, 1.807) is 12.1 Å². The summed E-state index contributed by atoms with van der Waals surface area (Å²) >= 11 is 0. The lowest BCUT2D eigenvalue weighted by Crippen LogP contribution is -2.07. The normalized spacial score (nSPS) is 17.4. The summed E-state index contributed by atoms with van der Waals surface area (Å²) in [5, 5.41) is 43.7. The molecule has 4 N–H and O–H groups in total. The fourth-order valence-corrected chi connectivity index (χ4v) is 6.62. The summed E-state index contributed by atoms with van der Waals surface area (Å²) in [5.74, 6) is 0.558. The molecule has 2 aliphatic rings. The van der Waals surface area contributed by atoms with Crippen molar-refractivity contribution in [3.63, 3.8) is 0 Å². The molecule has 36 heavy (non-hydrogen) atoms. The predicted octanol–water partition coefficient (Wildman–Crippen LogP) is 8.56. The second kappa shape index (κ2) is 10.1. The van der Waals surface area contributed by atoms with Gasteiger partial charge in [0.1, 0.15) is 11.5 Å². The molecule has 3 aromatic rings. The van der Waals surface area contributed by atoms with E-state index in [0.29, 0.717) is 34.1 Å². The number of phenolic OH excluding ortho intramolecular Hbond substituents is 4. The Bertz CT molecular complexity index is 1260. The Balaban J connectivity index is 1.69. The lowest BCUT2D eigenvalue weighted by molar-refractivity contribution is 0.405. The van der Waals surface area contributed by atoms with Crippen molar-refractivity contribution in [2.24, 2.45) is 0 Å². The summed E-state index contributed by atoms with van der Waals surface area (Å²) in [7, 11) is 0. The van der Waals surface area contributed by atoms with Gasteiger partial charge in [-0.05, 0) is 116 Å². The molecule has 2 saturated carbocycles. The lowest BCUT2D eigenvalue weighted by Gasteiger charge is -2.26. The molecular weight excluding hydrogens is 448 g/mol. The van der Waals surface area contributed by atoms with Crippen LogP contribution in [0.2, 0.25) is 0 Å². The molecule has 0 heterocycles. The van der Waals surface area contributed by atoms with Crippen LogP contribution in [0.5, 0.6) is 23.0 Å². The first-order valence-electron chi connectivity index (χ1n) is 13.6. The van der Waals surface area contributed by atoms with Crippen LogP contribution in [0.1, 0.15) is 98.3 Å². The largest absolute Gasteiger partial charge is 0.507 e. The van der Waals surface area contributed by atoms with Gasteiger partial charge >= 0.3 is 0 Å². The molecule has 5 rings (SSSR count). The Morgan fingerprint density at radius 3 is 1.53 bits per heavy atom. The molecule has 4 nitrogen and oxygen atoms in total. The summed E-state index contributed by atoms with van der Waals surface area (Å²) in [6.07, 6.45) is 11.9. The fraction of sp³-hybridized carbons (Fsp3) is 0.438. The minimum absolute atomic E-state index is 0.0633. The molecule has 0 radical (unpaired) electrons. The van der Waals surface area contributed by atoms with Crippen LogP contribution in [0, 0.1) is 13.8 Å². The van der Waals surface area contributed by atoms with Gasteiger partial charge in [-0.3, -0.25) is 0 Å². The van der Waals surface area contributed by atoms with Gasteiger partial charge < -0.3 is 20.4 Å². The van der Waals surface area contributed by atoms with Crippen molar-refractivity contribution < 1.29 is 20.4 Å². The molecule has 0 aromatic heterocycles. The highest BCUT2D eigenvalue weighted by molar-refractivity contribution is 5.93. The molecule has 0 atom stereocenters. The molecule has 0 saturated heterocycles. The number of hydrogen-bond acceptors (Lipinski definition) is 4. The van der Waals surface area contributed by atoms with Gasteiger partial charge in [0.2, 0.25) is 0 Å². The third-order valence-electron chi connectivity index (χ3n) is 8.57. The summed E-state index contributed by atoms with van der Waals surface area (Å²) < 4.78 is 0. The van der Waals surface area contributed by atoms with Gasteiger partial charge in [0.15, 0.2) is 11.5 Å². The van der Waals surface area contributed by atoms with Crippen LogP contribution >= 0.6 is 0 Å². The number of rotatable bonds is 4. The van der Waals surface area contributed by atoms with Crippen molar-refractivity contribution >= 4 is 0 Å². The van der Waals surface area contributed by atoms with E-state index < -0.39 is 0 Å². The second-order valence-electron chi connectivity index (χ2n) is 11.0. The number of benzene rings is 3. The number of aryl methyl sites for hydroxylation is 2. The quantitative estimate of drug-likeness (QED) is 0.278. The van der Waals surface area contributed by atoms with Gasteiger partial charge in [0.25, 0.3) is 0 Å². The van der Waals surface area contributed by atoms with E-state index in [2.05, 4.69) is 6.07 Å². The Morgan fingerprint density at radius 1 is 0.528 bits per heavy atom. The minimum Gasteiger partial charge on any atom is -0.507 e. The Labute approximate surface area is 214 Å². The first kappa shape index (κ1) is 24.5. The molecule has 3 aromatic carbocycles. The number of aromatic hydroxyl groups is 4. The van der Waals surface area contributed by atoms with E-state index in [0.717, 1.165) is 36.8 Å². The van der Waals surface area contributed by atoms with Gasteiger partial charge in [0.05, 0.1) is 0 Å². The van der Waals surface area contributed by atoms with E-state index in [1.807, 2.05) is 26.0 Å². The van der Waals surface area contributed by atoms with E-state index in [-0.39, 0.29) is 23.0 Å². The van der Waals surface area contributed by atoms with Crippen molar-refractivity contribution in [1.29, 1.82) is 0 Å². The van der Waals surface area contributed by atoms with Crippen molar-refractivity contribution in [2.45, 2.75) is 89.9 Å². The first-order chi connectivity index (χ1) is 17.3. The van der Waals surface area contributed by atoms with Crippen LogP contribution in [-0.4, -0.2) is 20.4 Å². The smallest absolute Gasteiger partial charge is 0.166 e. The molecule has 0 amide bonds. The molecule has 2 fully saturated rings. The van der Waals surface area contributed by atoms with Crippen LogP contribution in [0.15, 0.2) is 36.4 Å². The van der Waals surface area contributed by atoms with Crippen LogP contribution in [0.25, 0.3) is 22.3 Å². The second-order valence-corrected chi connectivity index (χ2v) is 11.0. The highest BCUT2D eigenvalue weighted by atomic mass is 16.3. The third-order valence-corrected chi connectivity index (χ3v) is 8.57. The molecule has 0 aliphatic heterocycles. The standard InChI is InChI=1S/C32H38O4/c1-19-15-29(34)26(17-24(19)21-9-5-3-6-10-21)23-13-14-28(33)32(36)31(23)27-18-25(20(2)16-30(27)35)22-11-7-4-8-12-22/h13-18,21-22,33-36H,3-12H2,1-2H3. The van der Waals surface area contributed by atoms with Crippen molar-refractivity contribution in [1.82, 2.24) is 0 Å². The summed E-state index contributed by atoms with van der Waals surface area (Å²) in [5.41, 5.74) is 6.61. The molecule has 2 aliphatic carbocycles. The fourth-order valence-electron chi connectivity index (χ4n) is 6.62. The molecule has 4 heteroatoms. The molecule has 0 bridgehead atoms. The van der Waals surface area contributed by atoms with Gasteiger partial charge in [-0.2, -0.15) is 0 Å². The number of hydrogen-bond donors (Lipinski definition) is 4. The Hall–Kier alpha value is -3.14. The Kier molecular flexibility index (Phi) is 6.87. The van der Waals surface area contributed by atoms with Gasteiger partial charge in [-0.25, -0.2) is 0 Å². The predicted molar refractivity (Wildman–Crippen MR) is 145 cm³/mol. The highest BCUT2D eigenvalue weighted by Gasteiger charge is 2.26. The van der Waals surface area contributed by atoms with Gasteiger partial charge in [-0.1, -0.05) is 38.5 Å². The minimum atomic E-state index is -0.277. The molecular formula is C32H38O4. The van der Waals surface area contributed by atoms with Gasteiger partial charge in [0, 0.05) is 16.7 Å². The third kappa shape index (κ3) is 4.54. The molecule has 0 unspecified atom stereocenters. The van der Waals surface area contributed by atoms with Gasteiger partial charge in [-0.15, -0.1) is 0 Å². The summed E-state index contributed by atoms with van der Waals surface area (Å²) in [6.45, 7) is 4.07. The maximum Gasteiger partial charge on any atom is 0.166 e. The highest BCUT2D eigenvalue weighted by Crippen LogP contribution is 2.50. The maximum absolute atomic E-state index is 11.1. The molecule has 190 valence electrons. The summed E-state index contributed by atoms with van der Waals surface area (Å²) in [4.78, 5) is 0. The van der Waals surface area contributed by atoms with Crippen molar-refractivity contribution in [2.75, 3.05) is 0 Å². The van der Waals surface area contributed by atoms with E-state index >= 15 is 0 Å². The van der Waals surface area contributed by atoms with Crippen LogP contribution in [0.4, 0.5) is 0 Å². The Morgan fingerprint density at radius 2 is 1.00 bits per heavy atom. The average molecular weight is 487 g/mol. The van der Waals surface area contributed by atoms with Crippen molar-refractivity contribution in [3.05, 3.63) is 58.7 Å². The first-order valence-corrected chi connectivity index (χ1v) is 13.6. The zero-order valence-electron chi connectivity index (χ0n) is 21.5. The lowest BCUT2D eigenvalue weighted by atomic mass is 9.79. The van der Waals surface area contributed by atoms with Crippen molar-refractivity contribution in [3.8, 4) is 45.3 Å². The SMILES string of the molecule is Cc1cc(O)c(-c2ccc(O)c(O)c2-c2cc(C3CCCCC3)c(C)cc2O)cc1C1CCCCC1. The van der Waals surface area contributed by atoms with Crippen LogP contribution in [-0.2, 0) is 0 Å². The zero-order valence-corrected chi connectivity index (χ0v) is 21.5. The van der Waals surface area contributed by atoms with Crippen LogP contribution < -0.4 is 0 Å². The van der Waals surface area contributed by atoms with E-state index in [1.165, 1.54) is 55.7 Å². The monoisotopic (exact) mass is 486 g/mol. The van der Waals surface area contributed by atoms with Crippen LogP contribution in [0.3, 0.4) is 0 Å². The average Bonchev–Trinajstić information content (AvgIpc) is 2.87. The topological polar surface area (TPSA) is 80.9 Å². The summed E-state index contributed by atoms with van der Waals surface area (Å²) in [6, 6.07) is 10.8. The maximum atomic E-state index is 11.1. The van der Waals surface area contributed by atoms with E-state index in [9.17, 15) is 20.4 Å². The van der Waals surface area contributed by atoms with E-state index in [4.69, 9.17) is 0 Å². The molecule has 0 spiro atoms. The number of phenols is 4.